The van der Waals surface area contributed by atoms with Gasteiger partial charge >= 0.3 is 11.4 Å². The van der Waals surface area contributed by atoms with Crippen LogP contribution in [0.2, 0.25) is 0 Å². The van der Waals surface area contributed by atoms with E-state index in [0.717, 1.165) is 27.5 Å². The molecule has 0 unspecified atom stereocenters. The molecular weight excluding hydrogens is 487 g/mol. The summed E-state index contributed by atoms with van der Waals surface area (Å²) in [6.07, 6.45) is -6.23. The first-order valence-corrected chi connectivity index (χ1v) is 11.3. The number of nitrogens with zero attached hydrogens (tertiary/aromatic N) is 2. The highest BCUT2D eigenvalue weighted by Gasteiger charge is 2.48. The first kappa shape index (κ1) is 26.1. The lowest BCUT2D eigenvalue weighted by molar-refractivity contribution is -0.0676. The standard InChI is InChI=1S/C21H27FN4O10/c1-33-17-15(30)10(35-19(17)26-7-5-13(29)24-21(26)32)3-2-8-34-16-11(9-27)36-18(14(16)22)25-6-4-12(28)23-20(25)31/h4-7,10-11,14-19,27,30H,2-3,8-9H2,1H3,(H,23,28,31)(H,24,29,32)/t10-,11-,14-,15-,16-,17-,18-,19-/m1/s1. The molecular formula is C21H27FN4O10. The molecule has 2 saturated heterocycles. The fourth-order valence-corrected chi connectivity index (χ4v) is 4.46. The van der Waals surface area contributed by atoms with Crippen LogP contribution in [0.3, 0.4) is 0 Å². The highest BCUT2D eigenvalue weighted by atomic mass is 19.1. The molecule has 0 amide bonds. The molecule has 4 heterocycles. The van der Waals surface area contributed by atoms with E-state index < -0.39 is 78.3 Å². The second-order valence-corrected chi connectivity index (χ2v) is 8.46. The number of H-pyrrole nitrogens is 2. The molecule has 4 N–H and O–H groups in total. The van der Waals surface area contributed by atoms with Gasteiger partial charge in [0.2, 0.25) is 0 Å². The molecule has 2 aliphatic rings. The summed E-state index contributed by atoms with van der Waals surface area (Å²) in [5, 5.41) is 20.2. The van der Waals surface area contributed by atoms with Gasteiger partial charge in [-0.2, -0.15) is 0 Å². The minimum absolute atomic E-state index is 0.00564. The van der Waals surface area contributed by atoms with Crippen LogP contribution in [-0.4, -0.2) is 86.3 Å². The van der Waals surface area contributed by atoms with Crippen molar-refractivity contribution in [3.63, 3.8) is 0 Å². The molecule has 2 aliphatic heterocycles. The van der Waals surface area contributed by atoms with Gasteiger partial charge in [-0.05, 0) is 12.8 Å². The number of methoxy groups -OCH3 is 1. The number of aliphatic hydroxyl groups is 2. The largest absolute Gasteiger partial charge is 0.394 e. The molecule has 2 aromatic heterocycles. The smallest absolute Gasteiger partial charge is 0.330 e. The van der Waals surface area contributed by atoms with E-state index in [1.54, 1.807) is 0 Å². The van der Waals surface area contributed by atoms with Crippen molar-refractivity contribution in [1.29, 1.82) is 0 Å². The molecule has 0 aliphatic carbocycles. The van der Waals surface area contributed by atoms with Gasteiger partial charge in [-0.3, -0.25) is 28.7 Å². The van der Waals surface area contributed by atoms with E-state index in [1.807, 2.05) is 4.98 Å². The van der Waals surface area contributed by atoms with E-state index in [-0.39, 0.29) is 13.0 Å². The third-order valence-electron chi connectivity index (χ3n) is 6.23. The predicted octanol–water partition coefficient (Wildman–Crippen LogP) is -2.25. The first-order valence-electron chi connectivity index (χ1n) is 11.3. The molecule has 0 saturated carbocycles. The molecule has 4 rings (SSSR count). The Morgan fingerprint density at radius 3 is 2.11 bits per heavy atom. The minimum Gasteiger partial charge on any atom is -0.394 e. The Balaban J connectivity index is 1.35. The maximum absolute atomic E-state index is 15.1. The quantitative estimate of drug-likeness (QED) is 0.266. The maximum atomic E-state index is 15.1. The van der Waals surface area contributed by atoms with Crippen molar-refractivity contribution < 1.29 is 33.6 Å². The van der Waals surface area contributed by atoms with Crippen molar-refractivity contribution in [3.8, 4) is 0 Å². The molecule has 14 nitrogen and oxygen atoms in total. The predicted molar refractivity (Wildman–Crippen MR) is 118 cm³/mol. The minimum atomic E-state index is -1.81. The fourth-order valence-electron chi connectivity index (χ4n) is 4.46. The summed E-state index contributed by atoms with van der Waals surface area (Å²) in [4.78, 5) is 50.9. The summed E-state index contributed by atoms with van der Waals surface area (Å²) >= 11 is 0. The molecule has 36 heavy (non-hydrogen) atoms. The van der Waals surface area contributed by atoms with Gasteiger partial charge in [0.05, 0.1) is 12.7 Å². The van der Waals surface area contributed by atoms with Crippen molar-refractivity contribution in [2.45, 2.75) is 62.0 Å². The Bertz CT molecular complexity index is 1270. The summed E-state index contributed by atoms with van der Waals surface area (Å²) in [7, 11) is 1.35. The van der Waals surface area contributed by atoms with Crippen LogP contribution >= 0.6 is 0 Å². The van der Waals surface area contributed by atoms with Crippen LogP contribution in [0.1, 0.15) is 25.3 Å². The Hall–Kier alpha value is -2.95. The van der Waals surface area contributed by atoms with Crippen molar-refractivity contribution in [2.24, 2.45) is 0 Å². The van der Waals surface area contributed by atoms with Gasteiger partial charge in [0.15, 0.2) is 18.6 Å². The number of aromatic nitrogens is 4. The van der Waals surface area contributed by atoms with E-state index in [9.17, 15) is 29.4 Å². The average molecular weight is 514 g/mol. The van der Waals surface area contributed by atoms with Gasteiger partial charge in [0.1, 0.15) is 24.4 Å². The number of alkyl halides is 1. The van der Waals surface area contributed by atoms with E-state index >= 15 is 4.39 Å². The lowest BCUT2D eigenvalue weighted by Gasteiger charge is -2.20. The highest BCUT2D eigenvalue weighted by molar-refractivity contribution is 4.95. The van der Waals surface area contributed by atoms with Crippen molar-refractivity contribution >= 4 is 0 Å². The molecule has 2 fully saturated rings. The van der Waals surface area contributed by atoms with E-state index in [0.29, 0.717) is 6.42 Å². The molecule has 0 spiro atoms. The van der Waals surface area contributed by atoms with Crippen LogP contribution in [0.4, 0.5) is 4.39 Å². The van der Waals surface area contributed by atoms with Crippen molar-refractivity contribution in [2.75, 3.05) is 20.3 Å². The monoisotopic (exact) mass is 514 g/mol. The van der Waals surface area contributed by atoms with Gasteiger partial charge in [-0.25, -0.2) is 14.0 Å². The molecule has 15 heteroatoms. The molecule has 0 radical (unpaired) electrons. The molecule has 2 aromatic rings. The van der Waals surface area contributed by atoms with Gasteiger partial charge in [-0.15, -0.1) is 0 Å². The number of nitrogens with one attached hydrogen (secondary N) is 2. The van der Waals surface area contributed by atoms with Crippen LogP contribution < -0.4 is 22.5 Å². The van der Waals surface area contributed by atoms with Gasteiger partial charge in [0.25, 0.3) is 11.1 Å². The van der Waals surface area contributed by atoms with E-state index in [1.165, 1.54) is 13.3 Å². The van der Waals surface area contributed by atoms with Crippen LogP contribution in [0, 0.1) is 0 Å². The van der Waals surface area contributed by atoms with E-state index in [4.69, 9.17) is 18.9 Å². The normalized spacial score (nSPS) is 32.2. The number of aromatic amines is 2. The SMILES string of the molecule is CO[C@@H]1[C@H](O)[C@@H](CCCO[C@H]2[C@@H](F)[C@H](n3ccc(=O)[nH]c3=O)O[C@@H]2CO)O[C@H]1n1ccc(=O)[nH]c1=O. The lowest BCUT2D eigenvalue weighted by Crippen LogP contribution is -2.38. The van der Waals surface area contributed by atoms with Crippen molar-refractivity contribution in [1.82, 2.24) is 19.1 Å². The van der Waals surface area contributed by atoms with Gasteiger partial charge in [0, 0.05) is 38.2 Å². The summed E-state index contributed by atoms with van der Waals surface area (Å²) < 4.78 is 39.3. The molecule has 198 valence electrons. The third kappa shape index (κ3) is 5.11. The van der Waals surface area contributed by atoms with Gasteiger partial charge < -0.3 is 29.2 Å². The number of hydrogen-bond donors (Lipinski definition) is 4. The summed E-state index contributed by atoms with van der Waals surface area (Å²) in [5.74, 6) is 0. The Labute approximate surface area is 201 Å². The zero-order valence-electron chi connectivity index (χ0n) is 19.2. The Morgan fingerprint density at radius 1 is 0.972 bits per heavy atom. The Kier molecular flexibility index (Phi) is 7.97. The molecule has 0 bridgehead atoms. The van der Waals surface area contributed by atoms with Crippen molar-refractivity contribution in [3.05, 3.63) is 66.2 Å². The maximum Gasteiger partial charge on any atom is 0.330 e. The van der Waals surface area contributed by atoms with Crippen LogP contribution in [0.25, 0.3) is 0 Å². The summed E-state index contributed by atoms with van der Waals surface area (Å²) in [5.41, 5.74) is -2.79. The highest BCUT2D eigenvalue weighted by Crippen LogP contribution is 2.34. The number of halogens is 1. The number of ether oxygens (including phenoxy) is 4. The van der Waals surface area contributed by atoms with Gasteiger partial charge in [-0.1, -0.05) is 0 Å². The lowest BCUT2D eigenvalue weighted by atomic mass is 10.1. The number of rotatable bonds is 9. The zero-order valence-corrected chi connectivity index (χ0v) is 19.2. The first-order chi connectivity index (χ1) is 17.2. The topological polar surface area (TPSA) is 187 Å². The second-order valence-electron chi connectivity index (χ2n) is 8.46. The van der Waals surface area contributed by atoms with Crippen LogP contribution in [0.5, 0.6) is 0 Å². The summed E-state index contributed by atoms with van der Waals surface area (Å²) in [6, 6.07) is 2.20. The molecule has 8 atom stereocenters. The second kappa shape index (κ2) is 11.0. The van der Waals surface area contributed by atoms with E-state index in [2.05, 4.69) is 4.98 Å². The summed E-state index contributed by atoms with van der Waals surface area (Å²) in [6.45, 7) is -0.555. The molecule has 0 aromatic carbocycles. The fraction of sp³-hybridized carbons (Fsp3) is 0.619. The third-order valence-corrected chi connectivity index (χ3v) is 6.23. The van der Waals surface area contributed by atoms with Crippen LogP contribution in [0.15, 0.2) is 43.7 Å². The Morgan fingerprint density at radius 2 is 1.56 bits per heavy atom. The zero-order chi connectivity index (χ0) is 26.0. The number of aliphatic hydroxyl groups excluding tert-OH is 2. The average Bonchev–Trinajstić information content (AvgIpc) is 3.32. The van der Waals surface area contributed by atoms with Crippen LogP contribution in [-0.2, 0) is 18.9 Å². The number of hydrogen-bond acceptors (Lipinski definition) is 10.